The first kappa shape index (κ1) is 15.8. The lowest BCUT2D eigenvalue weighted by Crippen LogP contribution is -2.30. The van der Waals surface area contributed by atoms with Crippen LogP contribution in [0.4, 0.5) is 4.79 Å². The molecule has 1 aromatic rings. The van der Waals surface area contributed by atoms with Crippen molar-refractivity contribution in [2.45, 2.75) is 13.0 Å². The maximum absolute atomic E-state index is 11.9. The van der Waals surface area contributed by atoms with E-state index in [9.17, 15) is 4.79 Å². The van der Waals surface area contributed by atoms with Crippen LogP contribution in [0.5, 0.6) is 0 Å². The van der Waals surface area contributed by atoms with Gasteiger partial charge < -0.3 is 15.0 Å². The normalized spacial score (nSPS) is 17.9. The van der Waals surface area contributed by atoms with Gasteiger partial charge in [-0.05, 0) is 31.5 Å². The van der Waals surface area contributed by atoms with Crippen LogP contribution in [0.15, 0.2) is 30.3 Å². The lowest BCUT2D eigenvalue weighted by Gasteiger charge is -2.16. The summed E-state index contributed by atoms with van der Waals surface area (Å²) in [6.45, 7) is 2.92. The number of rotatable bonds is 4. The van der Waals surface area contributed by atoms with Crippen molar-refractivity contribution in [1.82, 2.24) is 10.2 Å². The molecule has 1 fully saturated rings. The Bertz CT molecular complexity index is 386. The van der Waals surface area contributed by atoms with Crippen LogP contribution in [0.2, 0.25) is 0 Å². The molecule has 1 heterocycles. The number of hydrogen-bond donors (Lipinski definition) is 1. The van der Waals surface area contributed by atoms with Crippen LogP contribution in [0, 0.1) is 5.92 Å². The van der Waals surface area contributed by atoms with Crippen molar-refractivity contribution >= 4 is 18.5 Å². The number of likely N-dealkylation sites (tertiary alicyclic amines) is 1. The molecule has 1 aliphatic rings. The highest BCUT2D eigenvalue weighted by Gasteiger charge is 2.26. The first-order valence-electron chi connectivity index (χ1n) is 6.40. The maximum atomic E-state index is 11.9. The largest absolute Gasteiger partial charge is 0.445 e. The highest BCUT2D eigenvalue weighted by Crippen LogP contribution is 2.16. The maximum Gasteiger partial charge on any atom is 0.410 e. The zero-order chi connectivity index (χ0) is 12.8. The van der Waals surface area contributed by atoms with E-state index in [1.165, 1.54) is 0 Å². The Morgan fingerprint density at radius 3 is 2.84 bits per heavy atom. The average molecular weight is 285 g/mol. The Morgan fingerprint density at radius 2 is 2.16 bits per heavy atom. The summed E-state index contributed by atoms with van der Waals surface area (Å²) in [5, 5.41) is 3.15. The number of hydrogen-bond acceptors (Lipinski definition) is 3. The molecule has 1 N–H and O–H groups in total. The summed E-state index contributed by atoms with van der Waals surface area (Å²) in [5.74, 6) is 0.555. The minimum atomic E-state index is -0.197. The van der Waals surface area contributed by atoms with E-state index in [1.807, 2.05) is 37.4 Å². The predicted octanol–water partition coefficient (Wildman–Crippen LogP) is 2.29. The van der Waals surface area contributed by atoms with Gasteiger partial charge in [0.05, 0.1) is 0 Å². The molecule has 0 saturated carbocycles. The fraction of sp³-hybridized carbons (Fsp3) is 0.500. The van der Waals surface area contributed by atoms with E-state index in [0.717, 1.165) is 31.6 Å². The molecule has 1 aliphatic heterocycles. The van der Waals surface area contributed by atoms with E-state index in [-0.39, 0.29) is 18.5 Å². The molecule has 1 atom stereocenters. The molecule has 0 radical (unpaired) electrons. The second-order valence-corrected chi connectivity index (χ2v) is 4.70. The molecule has 1 unspecified atom stereocenters. The number of ether oxygens (including phenoxy) is 1. The number of nitrogens with zero attached hydrogens (tertiary/aromatic N) is 1. The van der Waals surface area contributed by atoms with Crippen LogP contribution in [-0.2, 0) is 11.3 Å². The van der Waals surface area contributed by atoms with Crippen molar-refractivity contribution in [2.75, 3.05) is 26.7 Å². The van der Waals surface area contributed by atoms with Crippen molar-refractivity contribution in [2.24, 2.45) is 5.92 Å². The van der Waals surface area contributed by atoms with Gasteiger partial charge in [-0.2, -0.15) is 0 Å². The first-order chi connectivity index (χ1) is 8.79. The van der Waals surface area contributed by atoms with Gasteiger partial charge in [-0.25, -0.2) is 4.79 Å². The fourth-order valence-corrected chi connectivity index (χ4v) is 2.26. The van der Waals surface area contributed by atoms with E-state index >= 15 is 0 Å². The zero-order valence-corrected chi connectivity index (χ0v) is 12.0. The van der Waals surface area contributed by atoms with Crippen LogP contribution in [0.3, 0.4) is 0 Å². The summed E-state index contributed by atoms with van der Waals surface area (Å²) >= 11 is 0. The Hall–Kier alpha value is -1.26. The molecule has 1 saturated heterocycles. The Kier molecular flexibility index (Phi) is 6.67. The number of halogens is 1. The smallest absolute Gasteiger partial charge is 0.410 e. The molecule has 0 spiro atoms. The summed E-state index contributed by atoms with van der Waals surface area (Å²) in [5.41, 5.74) is 1.02. The Morgan fingerprint density at radius 1 is 1.42 bits per heavy atom. The van der Waals surface area contributed by atoms with E-state index in [1.54, 1.807) is 4.90 Å². The molecule has 2 rings (SSSR count). The molecule has 19 heavy (non-hydrogen) atoms. The quantitative estimate of drug-likeness (QED) is 0.922. The van der Waals surface area contributed by atoms with Gasteiger partial charge in [-0.3, -0.25) is 0 Å². The van der Waals surface area contributed by atoms with E-state index in [0.29, 0.717) is 12.5 Å². The van der Waals surface area contributed by atoms with Gasteiger partial charge in [0, 0.05) is 13.1 Å². The van der Waals surface area contributed by atoms with Gasteiger partial charge in [0.15, 0.2) is 0 Å². The molecule has 4 nitrogen and oxygen atoms in total. The SMILES string of the molecule is CNCC1CCN(C(=O)OCc2ccccc2)C1.Cl. The summed E-state index contributed by atoms with van der Waals surface area (Å²) in [6.07, 6.45) is 0.860. The summed E-state index contributed by atoms with van der Waals surface area (Å²) in [6, 6.07) is 9.76. The lowest BCUT2D eigenvalue weighted by molar-refractivity contribution is 0.103. The highest BCUT2D eigenvalue weighted by molar-refractivity contribution is 5.85. The topological polar surface area (TPSA) is 41.6 Å². The lowest BCUT2D eigenvalue weighted by atomic mass is 10.1. The van der Waals surface area contributed by atoms with Crippen molar-refractivity contribution < 1.29 is 9.53 Å². The van der Waals surface area contributed by atoms with Gasteiger partial charge in [0.1, 0.15) is 6.61 Å². The van der Waals surface area contributed by atoms with Crippen molar-refractivity contribution in [3.8, 4) is 0 Å². The number of carbonyl (C=O) groups is 1. The highest BCUT2D eigenvalue weighted by atomic mass is 35.5. The molecular formula is C14H21ClN2O2. The number of nitrogens with one attached hydrogen (secondary N) is 1. The molecule has 0 aliphatic carbocycles. The molecule has 1 amide bonds. The number of carbonyl (C=O) groups excluding carboxylic acids is 1. The second kappa shape index (κ2) is 8.02. The van der Waals surface area contributed by atoms with Gasteiger partial charge in [0.25, 0.3) is 0 Å². The van der Waals surface area contributed by atoms with Crippen molar-refractivity contribution in [3.05, 3.63) is 35.9 Å². The van der Waals surface area contributed by atoms with Gasteiger partial charge >= 0.3 is 6.09 Å². The van der Waals surface area contributed by atoms with Crippen LogP contribution >= 0.6 is 12.4 Å². The molecule has 0 aromatic heterocycles. The predicted molar refractivity (Wildman–Crippen MR) is 77.5 cm³/mol. The van der Waals surface area contributed by atoms with Crippen molar-refractivity contribution in [3.63, 3.8) is 0 Å². The van der Waals surface area contributed by atoms with E-state index in [2.05, 4.69) is 5.32 Å². The molecule has 1 aromatic carbocycles. The monoisotopic (exact) mass is 284 g/mol. The average Bonchev–Trinajstić information content (AvgIpc) is 2.86. The zero-order valence-electron chi connectivity index (χ0n) is 11.2. The number of benzene rings is 1. The molecular weight excluding hydrogens is 264 g/mol. The van der Waals surface area contributed by atoms with Crippen molar-refractivity contribution in [1.29, 1.82) is 0 Å². The standard InChI is InChI=1S/C14H20N2O2.ClH/c1-15-9-13-7-8-16(10-13)14(17)18-11-12-5-3-2-4-6-12;/h2-6,13,15H,7-11H2,1H3;1H. The third-order valence-electron chi connectivity index (χ3n) is 3.24. The van der Waals surface area contributed by atoms with Crippen LogP contribution in [0.25, 0.3) is 0 Å². The summed E-state index contributed by atoms with van der Waals surface area (Å²) in [7, 11) is 1.94. The van der Waals surface area contributed by atoms with Gasteiger partial charge in [-0.1, -0.05) is 30.3 Å². The molecule has 106 valence electrons. The van der Waals surface area contributed by atoms with Crippen LogP contribution in [-0.4, -0.2) is 37.7 Å². The second-order valence-electron chi connectivity index (χ2n) is 4.70. The minimum absolute atomic E-state index is 0. The van der Waals surface area contributed by atoms with E-state index < -0.39 is 0 Å². The van der Waals surface area contributed by atoms with Crippen LogP contribution in [0.1, 0.15) is 12.0 Å². The van der Waals surface area contributed by atoms with Gasteiger partial charge in [-0.15, -0.1) is 12.4 Å². The minimum Gasteiger partial charge on any atom is -0.445 e. The third-order valence-corrected chi connectivity index (χ3v) is 3.24. The third kappa shape index (κ3) is 4.73. The fourth-order valence-electron chi connectivity index (χ4n) is 2.26. The summed E-state index contributed by atoms with van der Waals surface area (Å²) in [4.78, 5) is 13.6. The van der Waals surface area contributed by atoms with E-state index in [4.69, 9.17) is 4.74 Å². The molecule has 0 bridgehead atoms. The van der Waals surface area contributed by atoms with Crippen LogP contribution < -0.4 is 5.32 Å². The van der Waals surface area contributed by atoms with Gasteiger partial charge in [0.2, 0.25) is 0 Å². The number of amides is 1. The summed E-state index contributed by atoms with van der Waals surface area (Å²) < 4.78 is 5.31. The first-order valence-corrected chi connectivity index (χ1v) is 6.40. The Labute approximate surface area is 120 Å². The molecule has 5 heteroatoms. The Balaban J connectivity index is 0.00000180.